The van der Waals surface area contributed by atoms with Crippen molar-refractivity contribution in [3.8, 4) is 5.69 Å². The van der Waals surface area contributed by atoms with Gasteiger partial charge in [-0.2, -0.15) is 5.10 Å². The predicted molar refractivity (Wildman–Crippen MR) is 84.7 cm³/mol. The fourth-order valence-corrected chi connectivity index (χ4v) is 2.70. The van der Waals surface area contributed by atoms with Crippen LogP contribution in [-0.2, 0) is 6.54 Å². The summed E-state index contributed by atoms with van der Waals surface area (Å²) in [5.41, 5.74) is 6.18. The van der Waals surface area contributed by atoms with Crippen molar-refractivity contribution in [3.05, 3.63) is 51.3 Å². The van der Waals surface area contributed by atoms with Gasteiger partial charge in [0.15, 0.2) is 4.77 Å². The first-order valence-corrected chi connectivity index (χ1v) is 7.05. The zero-order valence-electron chi connectivity index (χ0n) is 11.7. The molecule has 7 nitrogen and oxygen atoms in total. The molecule has 0 aliphatic carbocycles. The minimum Gasteiger partial charge on any atom is -0.364 e. The molecule has 0 spiro atoms. The highest BCUT2D eigenvalue weighted by Gasteiger charge is 2.19. The number of nitrogens with one attached hydrogen (secondary N) is 1. The Kier molecular flexibility index (Phi) is 3.38. The SMILES string of the molecule is CCn1ncc(-n2c(=S)[nH]c3ccccc3c2=O)c1C(N)=O. The van der Waals surface area contributed by atoms with E-state index in [4.69, 9.17) is 18.0 Å². The molecule has 1 amide bonds. The third kappa shape index (κ3) is 2.04. The molecular weight excluding hydrogens is 302 g/mol. The van der Waals surface area contributed by atoms with Crippen molar-refractivity contribution in [3.63, 3.8) is 0 Å². The molecule has 0 unspecified atom stereocenters. The molecule has 0 bridgehead atoms. The first-order chi connectivity index (χ1) is 10.5. The summed E-state index contributed by atoms with van der Waals surface area (Å²) in [6, 6.07) is 7.02. The van der Waals surface area contributed by atoms with E-state index < -0.39 is 5.91 Å². The maximum Gasteiger partial charge on any atom is 0.269 e. The maximum atomic E-state index is 12.7. The summed E-state index contributed by atoms with van der Waals surface area (Å²) in [6.45, 7) is 2.28. The lowest BCUT2D eigenvalue weighted by molar-refractivity contribution is 0.0990. The predicted octanol–water partition coefficient (Wildman–Crippen LogP) is 1.36. The van der Waals surface area contributed by atoms with Crippen molar-refractivity contribution in [2.45, 2.75) is 13.5 Å². The van der Waals surface area contributed by atoms with E-state index >= 15 is 0 Å². The van der Waals surface area contributed by atoms with E-state index in [9.17, 15) is 9.59 Å². The average molecular weight is 315 g/mol. The first-order valence-electron chi connectivity index (χ1n) is 6.64. The van der Waals surface area contributed by atoms with Crippen LogP contribution in [0.4, 0.5) is 0 Å². The molecule has 0 atom stereocenters. The number of nitrogens with zero attached hydrogens (tertiary/aromatic N) is 3. The van der Waals surface area contributed by atoms with Crippen molar-refractivity contribution >= 4 is 29.0 Å². The molecule has 3 aromatic rings. The van der Waals surface area contributed by atoms with Crippen LogP contribution in [0.1, 0.15) is 17.4 Å². The molecule has 8 heteroatoms. The van der Waals surface area contributed by atoms with Crippen LogP contribution in [0.3, 0.4) is 0 Å². The van der Waals surface area contributed by atoms with E-state index in [0.29, 0.717) is 17.4 Å². The number of nitrogens with two attached hydrogens (primary N) is 1. The van der Waals surface area contributed by atoms with Crippen molar-refractivity contribution in [2.75, 3.05) is 0 Å². The molecule has 1 aromatic carbocycles. The molecular formula is C14H13N5O2S. The summed E-state index contributed by atoms with van der Waals surface area (Å²) >= 11 is 5.26. The lowest BCUT2D eigenvalue weighted by Gasteiger charge is -2.08. The number of benzene rings is 1. The minimum atomic E-state index is -0.663. The van der Waals surface area contributed by atoms with E-state index in [1.807, 2.05) is 6.92 Å². The number of aromatic nitrogens is 4. The number of carbonyl (C=O) groups is 1. The Morgan fingerprint density at radius 1 is 1.41 bits per heavy atom. The second-order valence-electron chi connectivity index (χ2n) is 4.67. The molecule has 0 aliphatic heterocycles. The van der Waals surface area contributed by atoms with Crippen molar-refractivity contribution in [1.29, 1.82) is 0 Å². The van der Waals surface area contributed by atoms with Gasteiger partial charge in [-0.25, -0.2) is 4.57 Å². The standard InChI is InChI=1S/C14H13N5O2S/c1-2-18-11(12(15)20)10(7-16-18)19-13(21)8-5-3-4-6-9(8)17-14(19)22/h3-7H,2H2,1H3,(H2,15,20)(H,17,22). The van der Waals surface area contributed by atoms with Crippen molar-refractivity contribution in [1.82, 2.24) is 19.3 Å². The summed E-state index contributed by atoms with van der Waals surface area (Å²) in [6.07, 6.45) is 1.42. The topological polar surface area (TPSA) is 98.7 Å². The maximum absolute atomic E-state index is 12.7. The zero-order chi connectivity index (χ0) is 15.9. The minimum absolute atomic E-state index is 0.152. The van der Waals surface area contributed by atoms with Gasteiger partial charge in [-0.05, 0) is 31.3 Å². The van der Waals surface area contributed by atoms with Gasteiger partial charge in [0.05, 0.1) is 17.1 Å². The highest BCUT2D eigenvalue weighted by Crippen LogP contribution is 2.15. The normalized spacial score (nSPS) is 11.0. The van der Waals surface area contributed by atoms with E-state index in [1.165, 1.54) is 15.4 Å². The molecule has 3 N–H and O–H groups in total. The molecule has 112 valence electrons. The van der Waals surface area contributed by atoms with Gasteiger partial charge in [0.1, 0.15) is 11.4 Å². The Balaban J connectivity index is 2.42. The number of fused-ring (bicyclic) bond motifs is 1. The number of para-hydroxylation sites is 1. The fourth-order valence-electron chi connectivity index (χ4n) is 2.41. The summed E-state index contributed by atoms with van der Waals surface area (Å²) in [5.74, 6) is -0.663. The summed E-state index contributed by atoms with van der Waals surface area (Å²) in [7, 11) is 0. The van der Waals surface area contributed by atoms with Gasteiger partial charge in [0.2, 0.25) is 0 Å². The van der Waals surface area contributed by atoms with Gasteiger partial charge >= 0.3 is 0 Å². The van der Waals surface area contributed by atoms with Crippen LogP contribution in [0.25, 0.3) is 16.6 Å². The molecule has 0 aliphatic rings. The number of rotatable bonds is 3. The number of primary amides is 1. The smallest absolute Gasteiger partial charge is 0.269 e. The Bertz CT molecular complexity index is 998. The molecule has 2 heterocycles. The van der Waals surface area contributed by atoms with E-state index in [2.05, 4.69) is 10.1 Å². The Morgan fingerprint density at radius 2 is 2.14 bits per heavy atom. The molecule has 2 aromatic heterocycles. The molecule has 0 fully saturated rings. The number of amides is 1. The summed E-state index contributed by atoms with van der Waals surface area (Å²) in [4.78, 5) is 27.4. The zero-order valence-corrected chi connectivity index (χ0v) is 12.6. The monoisotopic (exact) mass is 315 g/mol. The van der Waals surface area contributed by atoms with Crippen LogP contribution < -0.4 is 11.3 Å². The van der Waals surface area contributed by atoms with Crippen LogP contribution >= 0.6 is 12.2 Å². The Morgan fingerprint density at radius 3 is 2.82 bits per heavy atom. The lowest BCUT2D eigenvalue weighted by atomic mass is 10.2. The molecule has 0 radical (unpaired) electrons. The van der Waals surface area contributed by atoms with Gasteiger partial charge in [-0.1, -0.05) is 12.1 Å². The number of carbonyl (C=O) groups excluding carboxylic acids is 1. The lowest BCUT2D eigenvalue weighted by Crippen LogP contribution is -2.25. The van der Waals surface area contributed by atoms with Gasteiger partial charge in [-0.15, -0.1) is 0 Å². The number of aromatic amines is 1. The second kappa shape index (κ2) is 5.23. The summed E-state index contributed by atoms with van der Waals surface area (Å²) in [5, 5.41) is 4.56. The fraction of sp³-hybridized carbons (Fsp3) is 0.143. The van der Waals surface area contributed by atoms with Gasteiger partial charge in [0, 0.05) is 6.54 Å². The van der Waals surface area contributed by atoms with Crippen LogP contribution in [0.15, 0.2) is 35.3 Å². The number of H-pyrrole nitrogens is 1. The molecule has 3 rings (SSSR count). The highest BCUT2D eigenvalue weighted by molar-refractivity contribution is 7.71. The van der Waals surface area contributed by atoms with Gasteiger partial charge in [0.25, 0.3) is 11.5 Å². The quantitative estimate of drug-likeness (QED) is 0.713. The Labute approximate surface area is 130 Å². The number of aryl methyl sites for hydroxylation is 1. The van der Waals surface area contributed by atoms with Crippen LogP contribution in [-0.4, -0.2) is 25.2 Å². The average Bonchev–Trinajstić information content (AvgIpc) is 2.91. The Hall–Kier alpha value is -2.74. The number of hydrogen-bond donors (Lipinski definition) is 2. The second-order valence-corrected chi connectivity index (χ2v) is 5.06. The molecule has 0 saturated heterocycles. The molecule has 0 saturated carbocycles. The number of hydrogen-bond acceptors (Lipinski definition) is 4. The van der Waals surface area contributed by atoms with Gasteiger partial charge < -0.3 is 10.7 Å². The third-order valence-corrected chi connectivity index (χ3v) is 3.68. The first kappa shape index (κ1) is 14.2. The largest absolute Gasteiger partial charge is 0.364 e. The van der Waals surface area contributed by atoms with Gasteiger partial charge in [-0.3, -0.25) is 14.3 Å². The molecule has 22 heavy (non-hydrogen) atoms. The van der Waals surface area contributed by atoms with Crippen LogP contribution in [0.5, 0.6) is 0 Å². The van der Waals surface area contributed by atoms with Crippen molar-refractivity contribution in [2.24, 2.45) is 5.73 Å². The van der Waals surface area contributed by atoms with E-state index in [1.54, 1.807) is 24.3 Å². The van der Waals surface area contributed by atoms with Crippen LogP contribution in [0, 0.1) is 4.77 Å². The van der Waals surface area contributed by atoms with Crippen molar-refractivity contribution < 1.29 is 4.79 Å². The van der Waals surface area contributed by atoms with Crippen LogP contribution in [0.2, 0.25) is 0 Å². The van der Waals surface area contributed by atoms with E-state index in [-0.39, 0.29) is 21.7 Å². The third-order valence-electron chi connectivity index (χ3n) is 3.40. The highest BCUT2D eigenvalue weighted by atomic mass is 32.1. The summed E-state index contributed by atoms with van der Waals surface area (Å²) < 4.78 is 2.87. The van der Waals surface area contributed by atoms with E-state index in [0.717, 1.165) is 0 Å².